The van der Waals surface area contributed by atoms with Crippen LogP contribution in [0.15, 0.2) is 53.0 Å². The largest absolute Gasteiger partial charge is 0.482 e. The molecule has 2 aromatic carbocycles. The van der Waals surface area contributed by atoms with Gasteiger partial charge in [-0.05, 0) is 30.2 Å². The van der Waals surface area contributed by atoms with E-state index in [1.807, 2.05) is 36.4 Å². The number of rotatable bonds is 3. The number of carbonyl (C=O) groups excluding carboxylic acids is 1. The Hall–Kier alpha value is -1.81. The Bertz CT molecular complexity index is 628. The van der Waals surface area contributed by atoms with Gasteiger partial charge in [0.2, 0.25) is 0 Å². The molecule has 102 valence electrons. The molecule has 1 aliphatic rings. The molecule has 0 N–H and O–H groups in total. The molecule has 0 fully saturated rings. The summed E-state index contributed by atoms with van der Waals surface area (Å²) in [5.74, 6) is 0.771. The lowest BCUT2D eigenvalue weighted by atomic mass is 10.1. The molecule has 0 atom stereocenters. The van der Waals surface area contributed by atoms with Gasteiger partial charge >= 0.3 is 0 Å². The van der Waals surface area contributed by atoms with Gasteiger partial charge in [-0.2, -0.15) is 0 Å². The van der Waals surface area contributed by atoms with Gasteiger partial charge in [-0.3, -0.25) is 4.79 Å². The lowest BCUT2D eigenvalue weighted by Gasteiger charge is -2.29. The number of hydrogen-bond donors (Lipinski definition) is 0. The van der Waals surface area contributed by atoms with Crippen molar-refractivity contribution in [2.45, 2.75) is 6.42 Å². The van der Waals surface area contributed by atoms with Crippen LogP contribution in [0.3, 0.4) is 0 Å². The Morgan fingerprint density at radius 1 is 1.15 bits per heavy atom. The zero-order valence-corrected chi connectivity index (χ0v) is 12.5. The fraction of sp³-hybridized carbons (Fsp3) is 0.188. The van der Waals surface area contributed by atoms with E-state index in [1.165, 1.54) is 5.56 Å². The van der Waals surface area contributed by atoms with Crippen molar-refractivity contribution in [3.05, 3.63) is 58.6 Å². The first kappa shape index (κ1) is 13.2. The molecule has 1 amide bonds. The molecule has 0 saturated heterocycles. The standard InChI is InChI=1S/C16H14BrNO2/c17-13-6-7-15-14(10-13)18(16(19)11-20-15)9-8-12-4-2-1-3-5-12/h1-7,10H,8-9,11H2. The minimum Gasteiger partial charge on any atom is -0.482 e. The van der Waals surface area contributed by atoms with Gasteiger partial charge < -0.3 is 9.64 Å². The molecule has 0 aliphatic carbocycles. The number of hydrogen-bond acceptors (Lipinski definition) is 2. The van der Waals surface area contributed by atoms with Crippen molar-refractivity contribution in [1.82, 2.24) is 0 Å². The van der Waals surface area contributed by atoms with Crippen LogP contribution in [0.2, 0.25) is 0 Å². The third-order valence-corrected chi connectivity index (χ3v) is 3.82. The van der Waals surface area contributed by atoms with E-state index >= 15 is 0 Å². The quantitative estimate of drug-likeness (QED) is 0.862. The highest BCUT2D eigenvalue weighted by atomic mass is 79.9. The van der Waals surface area contributed by atoms with Crippen LogP contribution in [0.25, 0.3) is 0 Å². The molecule has 20 heavy (non-hydrogen) atoms. The summed E-state index contributed by atoms with van der Waals surface area (Å²) in [6.45, 7) is 0.777. The normalized spacial score (nSPS) is 13.8. The number of amides is 1. The summed E-state index contributed by atoms with van der Waals surface area (Å²) >= 11 is 3.44. The van der Waals surface area contributed by atoms with Gasteiger partial charge in [-0.1, -0.05) is 46.3 Å². The third-order valence-electron chi connectivity index (χ3n) is 3.33. The second kappa shape index (κ2) is 5.67. The second-order valence-corrected chi connectivity index (χ2v) is 5.60. The maximum Gasteiger partial charge on any atom is 0.265 e. The van der Waals surface area contributed by atoms with Crippen LogP contribution in [-0.2, 0) is 11.2 Å². The predicted octanol–water partition coefficient (Wildman–Crippen LogP) is 3.42. The Labute approximate surface area is 126 Å². The first-order chi connectivity index (χ1) is 9.74. The first-order valence-electron chi connectivity index (χ1n) is 6.51. The molecule has 1 heterocycles. The van der Waals surface area contributed by atoms with Crippen LogP contribution in [0.1, 0.15) is 5.56 Å². The summed E-state index contributed by atoms with van der Waals surface area (Å²) < 4.78 is 6.40. The number of anilines is 1. The Kier molecular flexibility index (Phi) is 3.74. The lowest BCUT2D eigenvalue weighted by Crippen LogP contribution is -2.40. The van der Waals surface area contributed by atoms with E-state index in [-0.39, 0.29) is 12.5 Å². The minimum absolute atomic E-state index is 0.00605. The van der Waals surface area contributed by atoms with Crippen molar-refractivity contribution < 1.29 is 9.53 Å². The Morgan fingerprint density at radius 2 is 1.95 bits per heavy atom. The van der Waals surface area contributed by atoms with E-state index in [4.69, 9.17) is 4.74 Å². The summed E-state index contributed by atoms with van der Waals surface area (Å²) in [5.41, 5.74) is 2.06. The van der Waals surface area contributed by atoms with Crippen molar-refractivity contribution in [3.63, 3.8) is 0 Å². The van der Waals surface area contributed by atoms with Crippen molar-refractivity contribution in [2.75, 3.05) is 18.1 Å². The maximum absolute atomic E-state index is 12.1. The molecule has 0 unspecified atom stereocenters. The van der Waals surface area contributed by atoms with Crippen LogP contribution in [0, 0.1) is 0 Å². The number of nitrogens with zero attached hydrogens (tertiary/aromatic N) is 1. The summed E-state index contributed by atoms with van der Waals surface area (Å²) in [5, 5.41) is 0. The Balaban J connectivity index is 1.82. The number of carbonyl (C=O) groups is 1. The van der Waals surface area contributed by atoms with Gasteiger partial charge in [-0.25, -0.2) is 0 Å². The number of benzene rings is 2. The molecular formula is C16H14BrNO2. The highest BCUT2D eigenvalue weighted by Crippen LogP contribution is 2.34. The number of fused-ring (bicyclic) bond motifs is 1. The summed E-state index contributed by atoms with van der Waals surface area (Å²) in [6.07, 6.45) is 0.832. The SMILES string of the molecule is O=C1COc2ccc(Br)cc2N1CCc1ccccc1. The van der Waals surface area contributed by atoms with Crippen LogP contribution in [0.5, 0.6) is 5.75 Å². The molecule has 1 aliphatic heterocycles. The van der Waals surface area contributed by atoms with Crippen LogP contribution < -0.4 is 9.64 Å². The van der Waals surface area contributed by atoms with Gasteiger partial charge in [0.25, 0.3) is 5.91 Å². The molecule has 3 rings (SSSR count). The smallest absolute Gasteiger partial charge is 0.265 e. The summed E-state index contributed by atoms with van der Waals surface area (Å²) in [4.78, 5) is 13.9. The lowest BCUT2D eigenvalue weighted by molar-refractivity contribution is -0.121. The highest BCUT2D eigenvalue weighted by molar-refractivity contribution is 9.10. The zero-order chi connectivity index (χ0) is 13.9. The number of halogens is 1. The van der Waals surface area contributed by atoms with Crippen LogP contribution >= 0.6 is 15.9 Å². The summed E-state index contributed by atoms with van der Waals surface area (Å²) in [7, 11) is 0. The van der Waals surface area contributed by atoms with Gasteiger partial charge in [0, 0.05) is 11.0 Å². The molecule has 3 nitrogen and oxygen atoms in total. The average Bonchev–Trinajstić information content (AvgIpc) is 2.47. The van der Waals surface area contributed by atoms with E-state index in [1.54, 1.807) is 4.90 Å². The average molecular weight is 332 g/mol. The van der Waals surface area contributed by atoms with Gasteiger partial charge in [-0.15, -0.1) is 0 Å². The van der Waals surface area contributed by atoms with Crippen LogP contribution in [-0.4, -0.2) is 19.1 Å². The second-order valence-electron chi connectivity index (χ2n) is 4.68. The van der Waals surface area contributed by atoms with Crippen molar-refractivity contribution in [2.24, 2.45) is 0 Å². The number of ether oxygens (including phenoxy) is 1. The molecule has 0 spiro atoms. The predicted molar refractivity (Wildman–Crippen MR) is 82.1 cm³/mol. The molecular weight excluding hydrogens is 318 g/mol. The Morgan fingerprint density at radius 3 is 2.75 bits per heavy atom. The van der Waals surface area contributed by atoms with Gasteiger partial charge in [0.15, 0.2) is 6.61 Å². The highest BCUT2D eigenvalue weighted by Gasteiger charge is 2.25. The third kappa shape index (κ3) is 2.70. The molecule has 2 aromatic rings. The molecule has 0 bridgehead atoms. The summed E-state index contributed by atoms with van der Waals surface area (Å²) in [6, 6.07) is 15.9. The first-order valence-corrected chi connectivity index (χ1v) is 7.30. The van der Waals surface area contributed by atoms with Gasteiger partial charge in [0.1, 0.15) is 5.75 Å². The monoisotopic (exact) mass is 331 g/mol. The zero-order valence-electron chi connectivity index (χ0n) is 10.9. The van der Waals surface area contributed by atoms with E-state index in [0.717, 1.165) is 22.3 Å². The van der Waals surface area contributed by atoms with Crippen molar-refractivity contribution >= 4 is 27.5 Å². The fourth-order valence-corrected chi connectivity index (χ4v) is 2.66. The van der Waals surface area contributed by atoms with E-state index < -0.39 is 0 Å². The molecule has 4 heteroatoms. The molecule has 0 radical (unpaired) electrons. The minimum atomic E-state index is 0.00605. The molecule has 0 aromatic heterocycles. The maximum atomic E-state index is 12.1. The molecule has 0 saturated carbocycles. The van der Waals surface area contributed by atoms with E-state index in [2.05, 4.69) is 28.1 Å². The van der Waals surface area contributed by atoms with Crippen molar-refractivity contribution in [3.8, 4) is 5.75 Å². The van der Waals surface area contributed by atoms with E-state index in [9.17, 15) is 4.79 Å². The van der Waals surface area contributed by atoms with E-state index in [0.29, 0.717) is 6.54 Å². The van der Waals surface area contributed by atoms with Crippen molar-refractivity contribution in [1.29, 1.82) is 0 Å². The van der Waals surface area contributed by atoms with Crippen LogP contribution in [0.4, 0.5) is 5.69 Å². The topological polar surface area (TPSA) is 29.5 Å². The van der Waals surface area contributed by atoms with Gasteiger partial charge in [0.05, 0.1) is 5.69 Å². The fourth-order valence-electron chi connectivity index (χ4n) is 2.31.